The molecule has 5 atom stereocenters. The zero-order valence-corrected chi connectivity index (χ0v) is 15.8. The number of benzene rings is 1. The third-order valence-electron chi connectivity index (χ3n) is 6.04. The van der Waals surface area contributed by atoms with Gasteiger partial charge in [0.05, 0.1) is 11.3 Å². The number of aliphatic hydroxyl groups is 2. The predicted octanol–water partition coefficient (Wildman–Crippen LogP) is 0.781. The summed E-state index contributed by atoms with van der Waals surface area (Å²) in [4.78, 5) is 16.4. The monoisotopic (exact) mass is 396 g/mol. The summed E-state index contributed by atoms with van der Waals surface area (Å²) in [6.07, 6.45) is -1.87. The van der Waals surface area contributed by atoms with Crippen molar-refractivity contribution in [2.75, 3.05) is 5.73 Å². The molecular weight excluding hydrogens is 376 g/mol. The highest BCUT2D eigenvalue weighted by molar-refractivity contribution is 5.90. The summed E-state index contributed by atoms with van der Waals surface area (Å²) in [6.45, 7) is 3.53. The second-order valence-corrected chi connectivity index (χ2v) is 7.77. The minimum absolute atomic E-state index is 0.290. The molecule has 3 heterocycles. The van der Waals surface area contributed by atoms with Crippen LogP contribution in [0.2, 0.25) is 0 Å². The van der Waals surface area contributed by atoms with Crippen molar-refractivity contribution in [2.45, 2.75) is 43.4 Å². The molecule has 9 heteroatoms. The van der Waals surface area contributed by atoms with Crippen molar-refractivity contribution in [1.29, 1.82) is 0 Å². The molecule has 29 heavy (non-hydrogen) atoms. The van der Waals surface area contributed by atoms with E-state index >= 15 is 0 Å². The molecule has 0 bridgehead atoms. The number of carbonyl (C=O) groups is 1. The number of carbonyl (C=O) groups excluding carboxylic acids is 1. The number of fused-ring (bicyclic) bond motifs is 2. The molecule has 5 rings (SSSR count). The predicted molar refractivity (Wildman–Crippen MR) is 101 cm³/mol. The van der Waals surface area contributed by atoms with E-state index in [2.05, 4.69) is 10.1 Å². The van der Waals surface area contributed by atoms with Gasteiger partial charge in [0.1, 0.15) is 29.7 Å². The topological polar surface area (TPSA) is 132 Å². The van der Waals surface area contributed by atoms with E-state index in [0.717, 1.165) is 5.56 Å². The second-order valence-electron chi connectivity index (χ2n) is 7.77. The molecule has 4 N–H and O–H groups in total. The summed E-state index contributed by atoms with van der Waals surface area (Å²) in [5.41, 5.74) is 5.36. The highest BCUT2D eigenvalue weighted by Crippen LogP contribution is 2.64. The number of aliphatic hydroxyl groups excluding tert-OH is 1. The lowest BCUT2D eigenvalue weighted by molar-refractivity contribution is -0.0854. The molecule has 1 saturated heterocycles. The van der Waals surface area contributed by atoms with Crippen LogP contribution < -0.4 is 5.73 Å². The molecule has 1 aliphatic carbocycles. The average Bonchev–Trinajstić information content (AvgIpc) is 3.00. The number of nitrogen functional groups attached to an aromatic ring is 1. The van der Waals surface area contributed by atoms with E-state index in [1.807, 2.05) is 6.92 Å². The number of nitrogens with zero attached hydrogens (tertiary/aromatic N) is 3. The van der Waals surface area contributed by atoms with E-state index in [-0.39, 0.29) is 0 Å². The third kappa shape index (κ3) is 2.29. The van der Waals surface area contributed by atoms with Crippen molar-refractivity contribution in [3.63, 3.8) is 0 Å². The van der Waals surface area contributed by atoms with Crippen LogP contribution >= 0.6 is 0 Å². The molecule has 0 amide bonds. The number of nitrogens with two attached hydrogens (primary N) is 1. The highest BCUT2D eigenvalue weighted by atomic mass is 16.6. The summed E-state index contributed by atoms with van der Waals surface area (Å²) in [6, 6.07) is 10.3. The van der Waals surface area contributed by atoms with Gasteiger partial charge in [0.25, 0.3) is 0 Å². The lowest BCUT2D eigenvalue weighted by Gasteiger charge is -2.23. The summed E-state index contributed by atoms with van der Waals surface area (Å²) in [5, 5.41) is 26.1. The summed E-state index contributed by atoms with van der Waals surface area (Å²) < 4.78 is 13.0. The lowest BCUT2D eigenvalue weighted by Crippen LogP contribution is -2.36. The van der Waals surface area contributed by atoms with Crippen LogP contribution in [0.1, 0.15) is 34.6 Å². The van der Waals surface area contributed by atoms with Crippen molar-refractivity contribution in [1.82, 2.24) is 14.6 Å². The zero-order chi connectivity index (χ0) is 20.6. The van der Waals surface area contributed by atoms with E-state index < -0.39 is 35.5 Å². The second kappa shape index (κ2) is 5.76. The molecule has 1 aromatic carbocycles. The smallest absolute Gasteiger partial charge is 0.338 e. The van der Waals surface area contributed by atoms with Gasteiger partial charge in [-0.05, 0) is 38.1 Å². The van der Waals surface area contributed by atoms with Gasteiger partial charge in [-0.25, -0.2) is 14.3 Å². The maximum absolute atomic E-state index is 12.4. The Bertz CT molecular complexity index is 1130. The minimum atomic E-state index is -1.72. The molecule has 1 aliphatic heterocycles. The Balaban J connectivity index is 1.40. The Morgan fingerprint density at radius 3 is 2.66 bits per heavy atom. The summed E-state index contributed by atoms with van der Waals surface area (Å²) in [5.74, 6) is -0.293. The van der Waals surface area contributed by atoms with E-state index in [0.29, 0.717) is 22.6 Å². The van der Waals surface area contributed by atoms with Crippen molar-refractivity contribution >= 4 is 17.3 Å². The van der Waals surface area contributed by atoms with Gasteiger partial charge >= 0.3 is 5.97 Å². The van der Waals surface area contributed by atoms with Crippen LogP contribution in [0.25, 0.3) is 5.52 Å². The Hall–Kier alpha value is -3.01. The third-order valence-corrected chi connectivity index (χ3v) is 6.04. The SMILES string of the molecule is Cc1ccc(C(=O)OC2[C@@]3(C)O[C@@H](c4ccc5c(N)ncnn45)[C@H](O)[C@@]23O)cc1. The fraction of sp³-hybridized carbons (Fsp3) is 0.350. The quantitative estimate of drug-likeness (QED) is 0.554. The molecule has 1 saturated carbocycles. The molecule has 9 nitrogen and oxygen atoms in total. The van der Waals surface area contributed by atoms with Crippen LogP contribution in [0.5, 0.6) is 0 Å². The van der Waals surface area contributed by atoms with Crippen LogP contribution in [0.4, 0.5) is 5.82 Å². The van der Waals surface area contributed by atoms with Crippen LogP contribution in [-0.2, 0) is 9.47 Å². The van der Waals surface area contributed by atoms with Crippen molar-refractivity contribution in [2.24, 2.45) is 0 Å². The molecule has 2 aromatic heterocycles. The number of rotatable bonds is 3. The van der Waals surface area contributed by atoms with Gasteiger partial charge in [0.2, 0.25) is 0 Å². The van der Waals surface area contributed by atoms with Crippen LogP contribution in [0.15, 0.2) is 42.7 Å². The first-order valence-corrected chi connectivity index (χ1v) is 9.21. The number of esters is 1. The van der Waals surface area contributed by atoms with Crippen molar-refractivity contribution in [3.8, 4) is 0 Å². The van der Waals surface area contributed by atoms with Gasteiger partial charge < -0.3 is 25.4 Å². The first-order valence-electron chi connectivity index (χ1n) is 9.21. The van der Waals surface area contributed by atoms with Gasteiger partial charge in [-0.2, -0.15) is 5.10 Å². The zero-order valence-electron chi connectivity index (χ0n) is 15.8. The molecule has 0 spiro atoms. The Morgan fingerprint density at radius 2 is 2.00 bits per heavy atom. The standard InChI is InChI=1S/C20H20N4O5/c1-10-3-5-11(6-4-10)17(26)28-18-19(2)20(18,27)15(25)14(29-19)12-7-8-13-16(21)22-9-23-24(12)13/h3-9,14-15,18,25,27H,1-2H3,(H2,21,22,23)/t14-,15-,18?,19+,20+/m0/s1. The Labute approximate surface area is 165 Å². The minimum Gasteiger partial charge on any atom is -0.452 e. The van der Waals surface area contributed by atoms with E-state index in [1.54, 1.807) is 43.3 Å². The Morgan fingerprint density at radius 1 is 1.28 bits per heavy atom. The highest BCUT2D eigenvalue weighted by Gasteiger charge is 2.87. The van der Waals surface area contributed by atoms with Gasteiger partial charge in [0.15, 0.2) is 17.5 Å². The number of hydrogen-bond acceptors (Lipinski definition) is 8. The summed E-state index contributed by atoms with van der Waals surface area (Å²) in [7, 11) is 0. The van der Waals surface area contributed by atoms with E-state index in [9.17, 15) is 15.0 Å². The molecule has 1 unspecified atom stereocenters. The van der Waals surface area contributed by atoms with Crippen LogP contribution in [0, 0.1) is 6.92 Å². The number of hydrogen-bond donors (Lipinski definition) is 3. The van der Waals surface area contributed by atoms with Gasteiger partial charge in [0, 0.05) is 0 Å². The van der Waals surface area contributed by atoms with Crippen LogP contribution in [0.3, 0.4) is 0 Å². The largest absolute Gasteiger partial charge is 0.452 e. The fourth-order valence-electron chi connectivity index (χ4n) is 4.20. The molecule has 150 valence electrons. The number of anilines is 1. The van der Waals surface area contributed by atoms with Crippen LogP contribution in [-0.4, -0.2) is 54.2 Å². The number of ether oxygens (including phenoxy) is 2. The summed E-state index contributed by atoms with van der Waals surface area (Å²) >= 11 is 0. The van der Waals surface area contributed by atoms with Crippen molar-refractivity contribution in [3.05, 3.63) is 59.5 Å². The molecular formula is C20H20N4O5. The van der Waals surface area contributed by atoms with Gasteiger partial charge in [-0.3, -0.25) is 0 Å². The maximum atomic E-state index is 12.4. The number of aryl methyl sites for hydroxylation is 1. The lowest BCUT2D eigenvalue weighted by atomic mass is 10.0. The number of aromatic nitrogens is 3. The fourth-order valence-corrected chi connectivity index (χ4v) is 4.20. The van der Waals surface area contributed by atoms with Crippen molar-refractivity contribution < 1.29 is 24.5 Å². The Kier molecular flexibility index (Phi) is 3.58. The van der Waals surface area contributed by atoms with Gasteiger partial charge in [-0.15, -0.1) is 0 Å². The molecule has 0 radical (unpaired) electrons. The molecule has 3 aromatic rings. The van der Waals surface area contributed by atoms with Gasteiger partial charge in [-0.1, -0.05) is 17.7 Å². The normalized spacial score (nSPS) is 32.9. The first kappa shape index (κ1) is 18.0. The molecule has 2 fully saturated rings. The maximum Gasteiger partial charge on any atom is 0.338 e. The first-order chi connectivity index (χ1) is 13.8. The average molecular weight is 396 g/mol. The van der Waals surface area contributed by atoms with E-state index in [1.165, 1.54) is 10.8 Å². The van der Waals surface area contributed by atoms with E-state index in [4.69, 9.17) is 15.2 Å². The molecule has 2 aliphatic rings.